The van der Waals surface area contributed by atoms with Crippen molar-refractivity contribution in [3.63, 3.8) is 0 Å². The van der Waals surface area contributed by atoms with Crippen molar-refractivity contribution in [2.75, 3.05) is 18.8 Å². The summed E-state index contributed by atoms with van der Waals surface area (Å²) in [5.41, 5.74) is 0. The van der Waals surface area contributed by atoms with Crippen molar-refractivity contribution in [2.24, 2.45) is 5.92 Å². The van der Waals surface area contributed by atoms with E-state index in [9.17, 15) is 18.0 Å². The van der Waals surface area contributed by atoms with E-state index in [4.69, 9.17) is 16.9 Å². The van der Waals surface area contributed by atoms with Crippen LogP contribution in [0.4, 0.5) is 0 Å². The third-order valence-corrected chi connectivity index (χ3v) is 6.24. The SMILES string of the molecule is N#CCNC(=O)[C@@H]1C[C@@H](C(=O)CCS(=O)(=O)c2ccccc2Cl)CN1. The summed E-state index contributed by atoms with van der Waals surface area (Å²) in [5.74, 6) is -1.28. The molecule has 2 atom stereocenters. The standard InChI is InChI=1S/C16H18ClN3O4S/c17-12-3-1-2-4-15(12)25(23,24)8-5-14(21)11-9-13(20-10-11)16(22)19-7-6-18/h1-4,11,13,20H,5,7-10H2,(H,19,22)/t11-,13+/m1/s1. The Morgan fingerprint density at radius 2 is 2.08 bits per heavy atom. The molecule has 134 valence electrons. The molecule has 1 amide bonds. The van der Waals surface area contributed by atoms with Gasteiger partial charge in [-0.1, -0.05) is 23.7 Å². The molecular formula is C16H18ClN3O4S. The minimum Gasteiger partial charge on any atom is -0.342 e. The van der Waals surface area contributed by atoms with Crippen molar-refractivity contribution in [3.8, 4) is 6.07 Å². The van der Waals surface area contributed by atoms with Crippen LogP contribution < -0.4 is 10.6 Å². The molecular weight excluding hydrogens is 366 g/mol. The maximum Gasteiger partial charge on any atom is 0.237 e. The number of benzene rings is 1. The van der Waals surface area contributed by atoms with Gasteiger partial charge in [0.2, 0.25) is 5.91 Å². The average Bonchev–Trinajstić information content (AvgIpc) is 3.08. The Kier molecular flexibility index (Phi) is 6.53. The lowest BCUT2D eigenvalue weighted by atomic mass is 9.99. The number of carbonyl (C=O) groups is 2. The van der Waals surface area contributed by atoms with Gasteiger partial charge in [-0.25, -0.2) is 8.42 Å². The highest BCUT2D eigenvalue weighted by Crippen LogP contribution is 2.23. The van der Waals surface area contributed by atoms with Crippen LogP contribution in [0, 0.1) is 17.2 Å². The minimum atomic E-state index is -3.65. The van der Waals surface area contributed by atoms with Crippen LogP contribution in [0.25, 0.3) is 0 Å². The van der Waals surface area contributed by atoms with E-state index in [-0.39, 0.29) is 40.3 Å². The number of amides is 1. The van der Waals surface area contributed by atoms with E-state index in [1.165, 1.54) is 12.1 Å². The molecule has 1 aromatic rings. The zero-order valence-electron chi connectivity index (χ0n) is 13.4. The Hall–Kier alpha value is -1.95. The summed E-state index contributed by atoms with van der Waals surface area (Å²) in [7, 11) is -3.65. The van der Waals surface area contributed by atoms with Crippen molar-refractivity contribution in [1.29, 1.82) is 5.26 Å². The highest BCUT2D eigenvalue weighted by Gasteiger charge is 2.33. The van der Waals surface area contributed by atoms with Crippen molar-refractivity contribution in [2.45, 2.75) is 23.8 Å². The van der Waals surface area contributed by atoms with Gasteiger partial charge in [0.1, 0.15) is 12.3 Å². The maximum atomic E-state index is 12.3. The first-order valence-electron chi connectivity index (χ1n) is 7.73. The van der Waals surface area contributed by atoms with Crippen molar-refractivity contribution in [1.82, 2.24) is 10.6 Å². The predicted octanol–water partition coefficient (Wildman–Crippen LogP) is 0.691. The first kappa shape index (κ1) is 19.4. The molecule has 0 unspecified atom stereocenters. The number of hydrogen-bond donors (Lipinski definition) is 2. The Balaban J connectivity index is 1.90. The summed E-state index contributed by atoms with van der Waals surface area (Å²) in [6.45, 7) is 0.224. The van der Waals surface area contributed by atoms with Crippen molar-refractivity contribution in [3.05, 3.63) is 29.3 Å². The number of ketones is 1. The van der Waals surface area contributed by atoms with Gasteiger partial charge in [-0.15, -0.1) is 0 Å². The second-order valence-electron chi connectivity index (χ2n) is 5.73. The molecule has 1 fully saturated rings. The average molecular weight is 384 g/mol. The lowest BCUT2D eigenvalue weighted by Gasteiger charge is -2.10. The highest BCUT2D eigenvalue weighted by molar-refractivity contribution is 7.91. The number of nitrogens with zero attached hydrogens (tertiary/aromatic N) is 1. The Bertz CT molecular complexity index is 804. The quantitative estimate of drug-likeness (QED) is 0.669. The molecule has 0 aliphatic carbocycles. The molecule has 25 heavy (non-hydrogen) atoms. The van der Waals surface area contributed by atoms with Gasteiger partial charge >= 0.3 is 0 Å². The molecule has 1 aliphatic heterocycles. The topological polar surface area (TPSA) is 116 Å². The fraction of sp³-hybridized carbons (Fsp3) is 0.438. The number of halogens is 1. The van der Waals surface area contributed by atoms with Crippen molar-refractivity contribution >= 4 is 33.1 Å². The molecule has 0 bridgehead atoms. The van der Waals surface area contributed by atoms with Gasteiger partial charge in [-0.2, -0.15) is 5.26 Å². The van der Waals surface area contributed by atoms with Gasteiger partial charge in [0, 0.05) is 18.9 Å². The number of Topliss-reactive ketones (excluding diaryl/α,β-unsaturated/α-hetero) is 1. The second-order valence-corrected chi connectivity index (χ2v) is 8.22. The Morgan fingerprint density at radius 1 is 1.36 bits per heavy atom. The highest BCUT2D eigenvalue weighted by atomic mass is 35.5. The van der Waals surface area contributed by atoms with Gasteiger partial charge in [0.15, 0.2) is 9.84 Å². The number of rotatable bonds is 7. The fourth-order valence-electron chi connectivity index (χ4n) is 2.68. The first-order chi connectivity index (χ1) is 11.8. The zero-order chi connectivity index (χ0) is 18.4. The number of hydrogen-bond acceptors (Lipinski definition) is 6. The Morgan fingerprint density at radius 3 is 2.76 bits per heavy atom. The summed E-state index contributed by atoms with van der Waals surface area (Å²) in [6.07, 6.45) is 0.161. The van der Waals surface area contributed by atoms with Crippen LogP contribution in [0.15, 0.2) is 29.2 Å². The monoisotopic (exact) mass is 383 g/mol. The smallest absolute Gasteiger partial charge is 0.237 e. The molecule has 1 heterocycles. The zero-order valence-corrected chi connectivity index (χ0v) is 14.9. The van der Waals surface area contributed by atoms with Gasteiger partial charge in [0.05, 0.1) is 27.8 Å². The summed E-state index contributed by atoms with van der Waals surface area (Å²) in [6, 6.07) is 7.38. The molecule has 2 N–H and O–H groups in total. The van der Waals surface area contributed by atoms with Crippen LogP contribution >= 0.6 is 11.6 Å². The molecule has 0 spiro atoms. The molecule has 1 aliphatic rings. The van der Waals surface area contributed by atoms with Gasteiger partial charge in [0.25, 0.3) is 0 Å². The molecule has 1 aromatic carbocycles. The van der Waals surface area contributed by atoms with Crippen LogP contribution in [0.5, 0.6) is 0 Å². The number of sulfone groups is 1. The third kappa shape index (κ3) is 5.01. The molecule has 9 heteroatoms. The van der Waals surface area contributed by atoms with Gasteiger partial charge < -0.3 is 10.6 Å². The molecule has 0 aromatic heterocycles. The van der Waals surface area contributed by atoms with E-state index >= 15 is 0 Å². The maximum absolute atomic E-state index is 12.3. The van der Waals surface area contributed by atoms with Crippen LogP contribution in [-0.4, -0.2) is 45.0 Å². The lowest BCUT2D eigenvalue weighted by molar-refractivity contribution is -0.123. The summed E-state index contributed by atoms with van der Waals surface area (Å²) < 4.78 is 24.6. The van der Waals surface area contributed by atoms with Crippen LogP contribution in [-0.2, 0) is 19.4 Å². The van der Waals surface area contributed by atoms with Crippen LogP contribution in [0.3, 0.4) is 0 Å². The number of nitriles is 1. The Labute approximate surface area is 151 Å². The molecule has 1 saturated heterocycles. The lowest BCUT2D eigenvalue weighted by Crippen LogP contribution is -2.40. The number of nitrogens with one attached hydrogen (secondary N) is 2. The summed E-state index contributed by atoms with van der Waals surface area (Å²) in [5, 5.41) is 13.9. The van der Waals surface area contributed by atoms with E-state index in [2.05, 4.69) is 10.6 Å². The number of carbonyl (C=O) groups excluding carboxylic acids is 2. The first-order valence-corrected chi connectivity index (χ1v) is 9.76. The summed E-state index contributed by atoms with van der Waals surface area (Å²) >= 11 is 5.91. The van der Waals surface area contributed by atoms with Crippen molar-refractivity contribution < 1.29 is 18.0 Å². The predicted molar refractivity (Wildman–Crippen MR) is 91.6 cm³/mol. The van der Waals surface area contributed by atoms with Gasteiger partial charge in [-0.05, 0) is 18.6 Å². The minimum absolute atomic E-state index is 0.0165. The van der Waals surface area contributed by atoms with E-state index in [0.29, 0.717) is 13.0 Å². The van der Waals surface area contributed by atoms with E-state index in [1.807, 2.05) is 6.07 Å². The molecule has 0 radical (unpaired) electrons. The molecule has 0 saturated carbocycles. The van der Waals surface area contributed by atoms with Gasteiger partial charge in [-0.3, -0.25) is 9.59 Å². The van der Waals surface area contributed by atoms with E-state index in [0.717, 1.165) is 0 Å². The third-order valence-electron chi connectivity index (χ3n) is 4.03. The normalized spacial score (nSPS) is 20.0. The summed E-state index contributed by atoms with van der Waals surface area (Å²) in [4.78, 5) is 24.1. The second kappa shape index (κ2) is 8.43. The van der Waals surface area contributed by atoms with E-state index in [1.54, 1.807) is 12.1 Å². The van der Waals surface area contributed by atoms with Crippen LogP contribution in [0.2, 0.25) is 5.02 Å². The largest absolute Gasteiger partial charge is 0.342 e. The fourth-order valence-corrected chi connectivity index (χ4v) is 4.51. The molecule has 2 rings (SSSR count). The molecule has 7 nitrogen and oxygen atoms in total. The van der Waals surface area contributed by atoms with E-state index < -0.39 is 21.8 Å². The van der Waals surface area contributed by atoms with Crippen LogP contribution in [0.1, 0.15) is 12.8 Å².